The van der Waals surface area contributed by atoms with E-state index in [2.05, 4.69) is 16.4 Å². The molecule has 0 spiro atoms. The normalized spacial score (nSPS) is 12.2. The third-order valence-corrected chi connectivity index (χ3v) is 4.20. The van der Waals surface area contributed by atoms with Gasteiger partial charge in [0.05, 0.1) is 0 Å². The highest BCUT2D eigenvalue weighted by Gasteiger charge is 2.13. The predicted octanol–water partition coefficient (Wildman–Crippen LogP) is 3.68. The standard InChI is InChI=1S/C21H20N2O3/c1-2-4-19(24-14-16-7-9-22-10-8-16)18(3-1)13-23-12-17-5-6-20-21(11-17)26-15-25-20/h1-11,23H,12-15H2. The van der Waals surface area contributed by atoms with Crippen molar-refractivity contribution in [3.05, 3.63) is 83.7 Å². The molecule has 0 saturated carbocycles. The van der Waals surface area contributed by atoms with Gasteiger partial charge in [-0.3, -0.25) is 4.98 Å². The molecule has 0 amide bonds. The van der Waals surface area contributed by atoms with Crippen LogP contribution in [0.5, 0.6) is 17.2 Å². The molecule has 5 heteroatoms. The lowest BCUT2D eigenvalue weighted by Crippen LogP contribution is -2.13. The number of nitrogens with one attached hydrogen (secondary N) is 1. The fourth-order valence-electron chi connectivity index (χ4n) is 2.82. The van der Waals surface area contributed by atoms with E-state index in [0.717, 1.165) is 47.0 Å². The summed E-state index contributed by atoms with van der Waals surface area (Å²) in [6.45, 7) is 2.30. The number of benzene rings is 2. The fourth-order valence-corrected chi connectivity index (χ4v) is 2.82. The molecule has 0 unspecified atom stereocenters. The second kappa shape index (κ2) is 7.89. The highest BCUT2D eigenvalue weighted by Crippen LogP contribution is 2.32. The highest BCUT2D eigenvalue weighted by atomic mass is 16.7. The van der Waals surface area contributed by atoms with Crippen molar-refractivity contribution in [2.45, 2.75) is 19.7 Å². The van der Waals surface area contributed by atoms with Gasteiger partial charge in [0.25, 0.3) is 0 Å². The molecule has 0 aliphatic carbocycles. The van der Waals surface area contributed by atoms with E-state index in [4.69, 9.17) is 14.2 Å². The lowest BCUT2D eigenvalue weighted by molar-refractivity contribution is 0.174. The second-order valence-corrected chi connectivity index (χ2v) is 6.04. The largest absolute Gasteiger partial charge is 0.489 e. The van der Waals surface area contributed by atoms with E-state index in [1.807, 2.05) is 48.5 Å². The number of para-hydroxylation sites is 1. The highest BCUT2D eigenvalue weighted by molar-refractivity contribution is 5.44. The number of fused-ring (bicyclic) bond motifs is 1. The number of ether oxygens (including phenoxy) is 3. The summed E-state index contributed by atoms with van der Waals surface area (Å²) >= 11 is 0. The zero-order valence-corrected chi connectivity index (χ0v) is 14.4. The zero-order chi connectivity index (χ0) is 17.6. The molecular formula is C21H20N2O3. The smallest absolute Gasteiger partial charge is 0.231 e. The molecule has 26 heavy (non-hydrogen) atoms. The minimum absolute atomic E-state index is 0.300. The maximum Gasteiger partial charge on any atom is 0.231 e. The Morgan fingerprint density at radius 1 is 0.885 bits per heavy atom. The summed E-state index contributed by atoms with van der Waals surface area (Å²) in [5.74, 6) is 2.51. The third kappa shape index (κ3) is 3.95. The monoisotopic (exact) mass is 348 g/mol. The van der Waals surface area contributed by atoms with Gasteiger partial charge in [0, 0.05) is 31.0 Å². The van der Waals surface area contributed by atoms with E-state index >= 15 is 0 Å². The summed E-state index contributed by atoms with van der Waals surface area (Å²) in [4.78, 5) is 4.03. The predicted molar refractivity (Wildman–Crippen MR) is 98.1 cm³/mol. The van der Waals surface area contributed by atoms with Crippen molar-refractivity contribution in [3.63, 3.8) is 0 Å². The zero-order valence-electron chi connectivity index (χ0n) is 14.4. The van der Waals surface area contributed by atoms with Crippen LogP contribution >= 0.6 is 0 Å². The van der Waals surface area contributed by atoms with E-state index in [0.29, 0.717) is 13.4 Å². The first kappa shape index (κ1) is 16.4. The Kier molecular flexibility index (Phi) is 4.98. The minimum Gasteiger partial charge on any atom is -0.489 e. The maximum atomic E-state index is 5.98. The molecule has 1 aliphatic heterocycles. The van der Waals surface area contributed by atoms with Crippen LogP contribution in [0.1, 0.15) is 16.7 Å². The molecular weight excluding hydrogens is 328 g/mol. The van der Waals surface area contributed by atoms with E-state index in [1.54, 1.807) is 12.4 Å². The number of aromatic nitrogens is 1. The van der Waals surface area contributed by atoms with Gasteiger partial charge in [-0.2, -0.15) is 0 Å². The lowest BCUT2D eigenvalue weighted by Gasteiger charge is -2.12. The quantitative estimate of drug-likeness (QED) is 0.706. The van der Waals surface area contributed by atoms with E-state index in [-0.39, 0.29) is 0 Å². The molecule has 132 valence electrons. The second-order valence-electron chi connectivity index (χ2n) is 6.04. The van der Waals surface area contributed by atoms with E-state index < -0.39 is 0 Å². The summed E-state index contributed by atoms with van der Waals surface area (Å²) in [7, 11) is 0. The first-order valence-corrected chi connectivity index (χ1v) is 8.57. The Hall–Kier alpha value is -3.05. The Labute approximate surface area is 152 Å². The number of hydrogen-bond donors (Lipinski definition) is 1. The van der Waals surface area contributed by atoms with Gasteiger partial charge in [0.1, 0.15) is 12.4 Å². The van der Waals surface area contributed by atoms with Gasteiger partial charge in [-0.25, -0.2) is 0 Å². The SMILES string of the molecule is c1ccc(OCc2ccncc2)c(CNCc2ccc3c(c2)OCO3)c1. The first-order valence-electron chi connectivity index (χ1n) is 8.57. The molecule has 3 aromatic rings. The Bertz CT molecular complexity index is 868. The molecule has 0 atom stereocenters. The molecule has 1 aliphatic rings. The molecule has 0 bridgehead atoms. The molecule has 2 aromatic carbocycles. The van der Waals surface area contributed by atoms with Crippen LogP contribution in [0.15, 0.2) is 67.0 Å². The van der Waals surface area contributed by atoms with Gasteiger partial charge < -0.3 is 19.5 Å². The number of pyridine rings is 1. The molecule has 4 rings (SSSR count). The first-order chi connectivity index (χ1) is 12.9. The van der Waals surface area contributed by atoms with Crippen molar-refractivity contribution in [1.29, 1.82) is 0 Å². The van der Waals surface area contributed by atoms with Crippen molar-refractivity contribution in [2.75, 3.05) is 6.79 Å². The average Bonchev–Trinajstić information content (AvgIpc) is 3.16. The van der Waals surface area contributed by atoms with E-state index in [1.165, 1.54) is 0 Å². The van der Waals surface area contributed by atoms with Crippen molar-refractivity contribution >= 4 is 0 Å². The van der Waals surface area contributed by atoms with Gasteiger partial charge in [-0.05, 0) is 41.5 Å². The van der Waals surface area contributed by atoms with Crippen molar-refractivity contribution < 1.29 is 14.2 Å². The molecule has 1 aromatic heterocycles. The Balaban J connectivity index is 1.34. The van der Waals surface area contributed by atoms with Gasteiger partial charge in [0.15, 0.2) is 11.5 Å². The number of rotatable bonds is 7. The molecule has 5 nitrogen and oxygen atoms in total. The van der Waals surface area contributed by atoms with Crippen LogP contribution in [0, 0.1) is 0 Å². The fraction of sp³-hybridized carbons (Fsp3) is 0.190. The summed E-state index contributed by atoms with van der Waals surface area (Å²) < 4.78 is 16.7. The van der Waals surface area contributed by atoms with Crippen LogP contribution < -0.4 is 19.5 Å². The summed E-state index contributed by atoms with van der Waals surface area (Å²) in [5, 5.41) is 3.46. The molecule has 0 saturated heterocycles. The third-order valence-electron chi connectivity index (χ3n) is 4.20. The van der Waals surface area contributed by atoms with Crippen molar-refractivity contribution in [3.8, 4) is 17.2 Å². The number of hydrogen-bond acceptors (Lipinski definition) is 5. The minimum atomic E-state index is 0.300. The van der Waals surface area contributed by atoms with Crippen LogP contribution in [-0.4, -0.2) is 11.8 Å². The van der Waals surface area contributed by atoms with Crippen molar-refractivity contribution in [2.24, 2.45) is 0 Å². The van der Waals surface area contributed by atoms with Crippen LogP contribution in [0.3, 0.4) is 0 Å². The van der Waals surface area contributed by atoms with Crippen LogP contribution in [-0.2, 0) is 19.7 Å². The summed E-state index contributed by atoms with van der Waals surface area (Å²) in [6, 6.07) is 18.0. The van der Waals surface area contributed by atoms with Crippen LogP contribution in [0.25, 0.3) is 0 Å². The van der Waals surface area contributed by atoms with Crippen LogP contribution in [0.4, 0.5) is 0 Å². The molecule has 0 radical (unpaired) electrons. The molecule has 0 fully saturated rings. The number of nitrogens with zero attached hydrogens (tertiary/aromatic N) is 1. The summed E-state index contributed by atoms with van der Waals surface area (Å²) in [6.07, 6.45) is 3.55. The Morgan fingerprint density at radius 3 is 2.65 bits per heavy atom. The van der Waals surface area contributed by atoms with Gasteiger partial charge >= 0.3 is 0 Å². The van der Waals surface area contributed by atoms with Gasteiger partial charge in [-0.15, -0.1) is 0 Å². The van der Waals surface area contributed by atoms with Crippen molar-refractivity contribution in [1.82, 2.24) is 10.3 Å². The topological polar surface area (TPSA) is 52.6 Å². The average molecular weight is 348 g/mol. The van der Waals surface area contributed by atoms with Gasteiger partial charge in [-0.1, -0.05) is 24.3 Å². The van der Waals surface area contributed by atoms with E-state index in [9.17, 15) is 0 Å². The Morgan fingerprint density at radius 2 is 1.73 bits per heavy atom. The molecule has 1 N–H and O–H groups in total. The van der Waals surface area contributed by atoms with Gasteiger partial charge in [0.2, 0.25) is 6.79 Å². The summed E-state index contributed by atoms with van der Waals surface area (Å²) in [5.41, 5.74) is 3.38. The van der Waals surface area contributed by atoms with Crippen LogP contribution in [0.2, 0.25) is 0 Å². The molecule has 2 heterocycles. The maximum absolute atomic E-state index is 5.98. The lowest BCUT2D eigenvalue weighted by atomic mass is 10.1.